The van der Waals surface area contributed by atoms with Crippen molar-refractivity contribution in [2.45, 2.75) is 38.3 Å². The second kappa shape index (κ2) is 7.65. The van der Waals surface area contributed by atoms with Gasteiger partial charge in [0.2, 0.25) is 0 Å². The lowest BCUT2D eigenvalue weighted by Gasteiger charge is -2.36. The Balaban J connectivity index is 2.35. The van der Waals surface area contributed by atoms with Crippen LogP contribution in [-0.4, -0.2) is 62.2 Å². The van der Waals surface area contributed by atoms with Gasteiger partial charge in [0.05, 0.1) is 6.07 Å². The maximum absolute atomic E-state index is 9.10. The standard InChI is InChI=1S/C13H26N4/c1-4-7-15-12(9-14)10-17(3)13-6-5-8-16(2)11-13/h12-13,15H,4-8,10-11H2,1-3H3. The van der Waals surface area contributed by atoms with Crippen molar-refractivity contribution in [1.29, 1.82) is 5.26 Å². The van der Waals surface area contributed by atoms with E-state index in [0.717, 1.165) is 26.1 Å². The number of rotatable bonds is 6. The maximum atomic E-state index is 9.10. The zero-order valence-electron chi connectivity index (χ0n) is 11.4. The molecule has 2 unspecified atom stereocenters. The summed E-state index contributed by atoms with van der Waals surface area (Å²) in [4.78, 5) is 4.72. The van der Waals surface area contributed by atoms with Gasteiger partial charge in [0.1, 0.15) is 6.04 Å². The van der Waals surface area contributed by atoms with Gasteiger partial charge in [-0.1, -0.05) is 6.92 Å². The molecule has 1 saturated heterocycles. The molecule has 0 amide bonds. The van der Waals surface area contributed by atoms with Gasteiger partial charge in [0.25, 0.3) is 0 Å². The van der Waals surface area contributed by atoms with Crippen LogP contribution in [0, 0.1) is 11.3 Å². The number of nitrogens with zero attached hydrogens (tertiary/aromatic N) is 3. The van der Waals surface area contributed by atoms with Crippen molar-refractivity contribution < 1.29 is 0 Å². The molecule has 1 N–H and O–H groups in total. The first-order chi connectivity index (χ1) is 8.17. The van der Waals surface area contributed by atoms with Crippen molar-refractivity contribution in [3.8, 4) is 6.07 Å². The fraction of sp³-hybridized carbons (Fsp3) is 0.923. The number of likely N-dealkylation sites (tertiary alicyclic amines) is 1. The van der Waals surface area contributed by atoms with Crippen molar-refractivity contribution >= 4 is 0 Å². The van der Waals surface area contributed by atoms with Gasteiger partial charge in [-0.3, -0.25) is 4.90 Å². The van der Waals surface area contributed by atoms with Crippen LogP contribution in [0.3, 0.4) is 0 Å². The van der Waals surface area contributed by atoms with Crippen LogP contribution in [0.5, 0.6) is 0 Å². The van der Waals surface area contributed by atoms with Gasteiger partial charge >= 0.3 is 0 Å². The Kier molecular flexibility index (Phi) is 6.49. The van der Waals surface area contributed by atoms with Crippen LogP contribution >= 0.6 is 0 Å². The van der Waals surface area contributed by atoms with E-state index < -0.39 is 0 Å². The molecule has 0 radical (unpaired) electrons. The first-order valence-corrected chi connectivity index (χ1v) is 6.69. The molecule has 1 rings (SSSR count). The Labute approximate surface area is 106 Å². The molecule has 1 aliphatic heterocycles. The van der Waals surface area contributed by atoms with Gasteiger partial charge in [-0.15, -0.1) is 0 Å². The van der Waals surface area contributed by atoms with E-state index in [4.69, 9.17) is 5.26 Å². The molecule has 0 saturated carbocycles. The van der Waals surface area contributed by atoms with E-state index in [1.165, 1.54) is 19.4 Å². The minimum Gasteiger partial charge on any atom is -0.305 e. The quantitative estimate of drug-likeness (QED) is 0.747. The third-order valence-electron chi connectivity index (χ3n) is 3.49. The fourth-order valence-electron chi connectivity index (χ4n) is 2.41. The average molecular weight is 238 g/mol. The summed E-state index contributed by atoms with van der Waals surface area (Å²) in [7, 11) is 4.32. The van der Waals surface area contributed by atoms with Crippen molar-refractivity contribution in [2.24, 2.45) is 0 Å². The van der Waals surface area contributed by atoms with Crippen molar-refractivity contribution in [3.63, 3.8) is 0 Å². The third kappa shape index (κ3) is 5.03. The topological polar surface area (TPSA) is 42.3 Å². The summed E-state index contributed by atoms with van der Waals surface area (Å²) in [5, 5.41) is 12.4. The molecular formula is C13H26N4. The number of nitriles is 1. The van der Waals surface area contributed by atoms with Gasteiger partial charge in [-0.25, -0.2) is 0 Å². The lowest BCUT2D eigenvalue weighted by atomic mass is 10.0. The van der Waals surface area contributed by atoms with E-state index in [9.17, 15) is 0 Å². The maximum Gasteiger partial charge on any atom is 0.108 e. The molecule has 1 heterocycles. The molecule has 4 nitrogen and oxygen atoms in total. The summed E-state index contributed by atoms with van der Waals surface area (Å²) in [5.74, 6) is 0. The van der Waals surface area contributed by atoms with Crippen LogP contribution in [0.25, 0.3) is 0 Å². The van der Waals surface area contributed by atoms with Crippen LogP contribution in [-0.2, 0) is 0 Å². The minimum atomic E-state index is -0.0350. The van der Waals surface area contributed by atoms with Gasteiger partial charge in [-0.2, -0.15) is 5.26 Å². The molecule has 4 heteroatoms. The van der Waals surface area contributed by atoms with Gasteiger partial charge in [-0.05, 0) is 46.4 Å². The van der Waals surface area contributed by atoms with E-state index in [0.29, 0.717) is 6.04 Å². The zero-order valence-corrected chi connectivity index (χ0v) is 11.4. The lowest BCUT2D eigenvalue weighted by Crippen LogP contribution is -2.49. The largest absolute Gasteiger partial charge is 0.305 e. The number of hydrogen-bond acceptors (Lipinski definition) is 4. The molecule has 1 aliphatic rings. The monoisotopic (exact) mass is 238 g/mol. The average Bonchev–Trinajstić information content (AvgIpc) is 2.34. The molecule has 0 aromatic rings. The molecule has 2 atom stereocenters. The molecule has 0 bridgehead atoms. The van der Waals surface area contributed by atoms with Crippen molar-refractivity contribution in [2.75, 3.05) is 40.3 Å². The summed E-state index contributed by atoms with van der Waals surface area (Å²) < 4.78 is 0. The molecule has 0 aromatic heterocycles. The van der Waals surface area contributed by atoms with E-state index in [-0.39, 0.29) is 6.04 Å². The van der Waals surface area contributed by atoms with Crippen LogP contribution in [0.15, 0.2) is 0 Å². The zero-order chi connectivity index (χ0) is 12.7. The molecule has 0 aliphatic carbocycles. The van der Waals surface area contributed by atoms with Crippen molar-refractivity contribution in [1.82, 2.24) is 15.1 Å². The first-order valence-electron chi connectivity index (χ1n) is 6.69. The molecule has 1 fully saturated rings. The normalized spacial score (nSPS) is 23.6. The van der Waals surface area contributed by atoms with E-state index >= 15 is 0 Å². The summed E-state index contributed by atoms with van der Waals surface area (Å²) >= 11 is 0. The smallest absolute Gasteiger partial charge is 0.108 e. The van der Waals surface area contributed by atoms with Crippen LogP contribution in [0.2, 0.25) is 0 Å². The number of nitrogens with one attached hydrogen (secondary N) is 1. The molecule has 0 spiro atoms. The number of likely N-dealkylation sites (N-methyl/N-ethyl adjacent to an activating group) is 2. The Morgan fingerprint density at radius 1 is 1.59 bits per heavy atom. The van der Waals surface area contributed by atoms with Gasteiger partial charge < -0.3 is 10.2 Å². The molecule has 17 heavy (non-hydrogen) atoms. The highest BCUT2D eigenvalue weighted by atomic mass is 15.2. The molecule has 98 valence electrons. The van der Waals surface area contributed by atoms with Crippen molar-refractivity contribution in [3.05, 3.63) is 0 Å². The SMILES string of the molecule is CCCNC(C#N)CN(C)C1CCCN(C)C1. The Morgan fingerprint density at radius 3 is 2.94 bits per heavy atom. The summed E-state index contributed by atoms with van der Waals surface area (Å²) in [6, 6.07) is 2.92. The van der Waals surface area contributed by atoms with E-state index in [1.807, 2.05) is 0 Å². The highest BCUT2D eigenvalue weighted by molar-refractivity contribution is 4.93. The fourth-order valence-corrected chi connectivity index (χ4v) is 2.41. The van der Waals surface area contributed by atoms with Crippen LogP contribution in [0.4, 0.5) is 0 Å². The lowest BCUT2D eigenvalue weighted by molar-refractivity contribution is 0.130. The Hall–Kier alpha value is -0.630. The summed E-state index contributed by atoms with van der Waals surface area (Å²) in [6.45, 7) is 6.22. The first kappa shape index (κ1) is 14.4. The minimum absolute atomic E-state index is 0.0350. The second-order valence-corrected chi connectivity index (χ2v) is 5.13. The highest BCUT2D eigenvalue weighted by Gasteiger charge is 2.22. The summed E-state index contributed by atoms with van der Waals surface area (Å²) in [5.41, 5.74) is 0. The van der Waals surface area contributed by atoms with Gasteiger partial charge in [0.15, 0.2) is 0 Å². The predicted octanol–water partition coefficient (Wildman–Crippen LogP) is 0.904. The van der Waals surface area contributed by atoms with Crippen LogP contribution < -0.4 is 5.32 Å². The van der Waals surface area contributed by atoms with Gasteiger partial charge in [0, 0.05) is 19.1 Å². The number of piperidine rings is 1. The van der Waals surface area contributed by atoms with Crippen LogP contribution in [0.1, 0.15) is 26.2 Å². The predicted molar refractivity (Wildman–Crippen MR) is 70.8 cm³/mol. The molecule has 0 aromatic carbocycles. The second-order valence-electron chi connectivity index (χ2n) is 5.13. The number of hydrogen-bond donors (Lipinski definition) is 1. The van der Waals surface area contributed by atoms with E-state index in [2.05, 4.69) is 42.2 Å². The third-order valence-corrected chi connectivity index (χ3v) is 3.49. The Morgan fingerprint density at radius 2 is 2.35 bits per heavy atom. The molecular weight excluding hydrogens is 212 g/mol. The van der Waals surface area contributed by atoms with E-state index in [1.54, 1.807) is 0 Å². The summed E-state index contributed by atoms with van der Waals surface area (Å²) in [6.07, 6.45) is 3.60. The Bertz CT molecular complexity index is 248. The highest BCUT2D eigenvalue weighted by Crippen LogP contribution is 2.13.